The van der Waals surface area contributed by atoms with Crippen molar-refractivity contribution in [1.82, 2.24) is 9.62 Å². The van der Waals surface area contributed by atoms with E-state index in [4.69, 9.17) is 16.3 Å². The molecule has 2 unspecified atom stereocenters. The summed E-state index contributed by atoms with van der Waals surface area (Å²) in [4.78, 5) is 30.9. The quantitative estimate of drug-likeness (QED) is 0.0809. The number of benzene rings is 2. The predicted molar refractivity (Wildman–Crippen MR) is 213 cm³/mol. The molecule has 0 saturated heterocycles. The SMILES string of the molecule is C=C/C(=C\N(C)C(F)I)C(=O)NS1(=O)=NC(=O)c2ccc3c(c2)N(C[C@@H]2CC[C@H]2[CH-]/C=C/C[C@H](C)C1)C[C@@]1(CCCc2cc(Cl)ccc21)CO3.[CH3-].[U+2]. The van der Waals surface area contributed by atoms with Crippen molar-refractivity contribution >= 4 is 61.6 Å². The summed E-state index contributed by atoms with van der Waals surface area (Å²) in [6.45, 7) is 7.60. The summed E-state index contributed by atoms with van der Waals surface area (Å²) in [5, 5.41) is 0.733. The van der Waals surface area contributed by atoms with Gasteiger partial charge in [-0.15, -0.1) is 4.36 Å². The number of hydrogen-bond donors (Lipinski definition) is 1. The van der Waals surface area contributed by atoms with Crippen molar-refractivity contribution in [3.05, 3.63) is 109 Å². The van der Waals surface area contributed by atoms with Crippen LogP contribution in [0.15, 0.2) is 77.3 Å². The molecule has 6 atom stereocenters. The number of halogens is 3. The molecule has 2 bridgehead atoms. The normalized spacial score (nSPS) is 28.2. The second-order valence-corrected chi connectivity index (χ2v) is 17.6. The van der Waals surface area contributed by atoms with E-state index in [1.807, 2.05) is 13.0 Å². The number of carbonyl (C=O) groups is 2. The first-order valence-corrected chi connectivity index (χ1v) is 20.5. The van der Waals surface area contributed by atoms with Crippen molar-refractivity contribution in [2.45, 2.75) is 55.2 Å². The van der Waals surface area contributed by atoms with Crippen molar-refractivity contribution in [2.24, 2.45) is 22.1 Å². The molecule has 2 heterocycles. The zero-order valence-corrected chi connectivity index (χ0v) is 37.8. The molecule has 6 rings (SSSR count). The predicted octanol–water partition coefficient (Wildman–Crippen LogP) is 8.42. The Morgan fingerprint density at radius 3 is 2.81 bits per heavy atom. The Morgan fingerprint density at radius 1 is 1.31 bits per heavy atom. The molecule has 1 N–H and O–H groups in total. The Labute approximate surface area is 351 Å². The van der Waals surface area contributed by atoms with Crippen LogP contribution < -0.4 is 14.4 Å². The molecule has 1 saturated carbocycles. The number of hydrogen-bond acceptors (Lipinski definition) is 6. The maximum Gasteiger partial charge on any atom is 2.00 e. The molecule has 4 aliphatic rings. The fourth-order valence-electron chi connectivity index (χ4n) is 7.56. The van der Waals surface area contributed by atoms with Gasteiger partial charge in [0.2, 0.25) is 4.30 Å². The number of alkyl halides is 2. The van der Waals surface area contributed by atoms with Gasteiger partial charge in [-0.05, 0) is 95.1 Å². The van der Waals surface area contributed by atoms with Gasteiger partial charge in [0.1, 0.15) is 15.7 Å². The van der Waals surface area contributed by atoms with Crippen molar-refractivity contribution in [1.29, 1.82) is 0 Å². The molecular formula is C39H47ClFIN4O4SU. The van der Waals surface area contributed by atoms with E-state index in [0.717, 1.165) is 55.9 Å². The monoisotopic (exact) mass is 1090 g/mol. The molecule has 2 amide bonds. The van der Waals surface area contributed by atoms with Gasteiger partial charge < -0.3 is 22.0 Å². The molecule has 8 nitrogen and oxygen atoms in total. The van der Waals surface area contributed by atoms with Gasteiger partial charge in [-0.1, -0.05) is 62.4 Å². The van der Waals surface area contributed by atoms with E-state index in [1.165, 1.54) is 35.4 Å². The Bertz CT molecular complexity index is 1850. The van der Waals surface area contributed by atoms with E-state index in [0.29, 0.717) is 30.6 Å². The third-order valence-corrected chi connectivity index (χ3v) is 13.5. The Hall–Kier alpha value is -1.98. The zero-order valence-electron chi connectivity index (χ0n) is 30.0. The zero-order chi connectivity index (χ0) is 35.6. The number of ether oxygens (including phenoxy) is 1. The number of aryl methyl sites for hydroxylation is 1. The summed E-state index contributed by atoms with van der Waals surface area (Å²) < 4.78 is 40.3. The van der Waals surface area contributed by atoms with E-state index in [9.17, 15) is 18.2 Å². The van der Waals surface area contributed by atoms with Gasteiger partial charge in [-0.3, -0.25) is 14.3 Å². The molecule has 2 aromatic rings. The smallest absolute Gasteiger partial charge is 0.490 e. The van der Waals surface area contributed by atoms with Crippen molar-refractivity contribution in [3.8, 4) is 5.75 Å². The van der Waals surface area contributed by atoms with Crippen molar-refractivity contribution in [2.75, 3.05) is 37.4 Å². The molecule has 2 aliphatic carbocycles. The van der Waals surface area contributed by atoms with Crippen LogP contribution in [-0.4, -0.2) is 57.7 Å². The van der Waals surface area contributed by atoms with E-state index in [1.54, 1.807) is 40.8 Å². The third kappa shape index (κ3) is 9.63. The Kier molecular flexibility index (Phi) is 14.9. The van der Waals surface area contributed by atoms with Gasteiger partial charge in [0.25, 0.3) is 11.8 Å². The number of anilines is 1. The molecule has 1 fully saturated rings. The first-order valence-electron chi connectivity index (χ1n) is 17.1. The van der Waals surface area contributed by atoms with Gasteiger partial charge in [0, 0.05) is 42.3 Å². The minimum atomic E-state index is -3.61. The van der Waals surface area contributed by atoms with Gasteiger partial charge in [-0.2, -0.15) is 0 Å². The number of amides is 2. The molecule has 0 radical (unpaired) electrons. The summed E-state index contributed by atoms with van der Waals surface area (Å²) in [6.07, 6.45) is 14.8. The molecule has 13 heteroatoms. The second-order valence-electron chi connectivity index (χ2n) is 14.1. The minimum absolute atomic E-state index is 0. The number of allylic oxidation sites excluding steroid dienone is 2. The fourth-order valence-corrected chi connectivity index (χ4v) is 9.81. The number of nitrogens with one attached hydrogen (secondary N) is 1. The topological polar surface area (TPSA) is 91.3 Å². The molecule has 52 heavy (non-hydrogen) atoms. The average molecular weight is 1090 g/mol. The van der Waals surface area contributed by atoms with Crippen LogP contribution in [-0.2, 0) is 26.5 Å². The molecule has 2 aliphatic heterocycles. The largest absolute Gasteiger partial charge is 2.00 e. The van der Waals surface area contributed by atoms with Crippen LogP contribution in [0, 0.1) is 62.7 Å². The molecular weight excluding hydrogens is 1040 g/mol. The van der Waals surface area contributed by atoms with Crippen molar-refractivity contribution < 1.29 is 54.0 Å². The number of rotatable bonds is 5. The van der Waals surface area contributed by atoms with Crippen LogP contribution in [0.25, 0.3) is 0 Å². The summed E-state index contributed by atoms with van der Waals surface area (Å²) in [6, 6.07) is 11.5. The minimum Gasteiger partial charge on any atom is -0.490 e. The summed E-state index contributed by atoms with van der Waals surface area (Å²) >= 11 is 8.00. The van der Waals surface area contributed by atoms with Crippen molar-refractivity contribution in [3.63, 3.8) is 0 Å². The Balaban J connectivity index is 0.00000302. The van der Waals surface area contributed by atoms with Crippen LogP contribution in [0.5, 0.6) is 5.75 Å². The summed E-state index contributed by atoms with van der Waals surface area (Å²) in [5.41, 5.74) is 3.33. The van der Waals surface area contributed by atoms with Crippen LogP contribution >= 0.6 is 34.2 Å². The van der Waals surface area contributed by atoms with E-state index < -0.39 is 26.0 Å². The van der Waals surface area contributed by atoms with E-state index in [-0.39, 0.29) is 66.8 Å². The fraction of sp³-hybridized carbons (Fsp3) is 0.436. The van der Waals surface area contributed by atoms with E-state index >= 15 is 0 Å². The Morgan fingerprint density at radius 2 is 2.10 bits per heavy atom. The maximum absolute atomic E-state index is 14.4. The number of carbonyl (C=O) groups excluding carboxylic acids is 2. The van der Waals surface area contributed by atoms with Crippen LogP contribution in [0.4, 0.5) is 10.1 Å². The average Bonchev–Trinajstić information content (AvgIpc) is 3.21. The molecule has 2 aromatic carbocycles. The number of fused-ring (bicyclic) bond motifs is 4. The first kappa shape index (κ1) is 42.8. The molecule has 0 aromatic heterocycles. The maximum atomic E-state index is 14.4. The third-order valence-electron chi connectivity index (χ3n) is 10.4. The summed E-state index contributed by atoms with van der Waals surface area (Å²) in [7, 11) is -2.14. The standard InChI is InChI=1S/C38H44ClFIN4O4S.CH3.U/c1-4-26(20-44(3)37(40)41)35(46)42-50(48)22-25(2)8-5-6-9-27-11-12-30(27)21-45-23-38(17-7-10-28-18-31(39)14-15-32(28)38)24-49-34-16-13-29(19-33(34)45)36(47)43-50;;/h4-6,9,13-16,18-20,25,27,30,37H,1,7-8,10-12,17,21-24H2,2-3H3,(H,42,43,46,47,48);1H3;/q2*-1;+2/b6-5+,26-20+;;/t25-,27+,30-,37?,38-,50?;;/m0../s1. The van der Waals surface area contributed by atoms with Gasteiger partial charge in [0.15, 0.2) is 0 Å². The van der Waals surface area contributed by atoms with Gasteiger partial charge in [0.05, 0.1) is 23.6 Å². The van der Waals surface area contributed by atoms with Gasteiger partial charge >= 0.3 is 31.1 Å². The van der Waals surface area contributed by atoms with E-state index in [2.05, 4.69) is 51.3 Å². The molecule has 278 valence electrons. The molecule has 1 spiro atoms. The first-order chi connectivity index (χ1) is 23.9. The van der Waals surface area contributed by atoms with Crippen LogP contribution in [0.1, 0.15) is 60.5 Å². The van der Waals surface area contributed by atoms with Crippen LogP contribution in [0.3, 0.4) is 0 Å². The van der Waals surface area contributed by atoms with Gasteiger partial charge in [-0.25, -0.2) is 27.2 Å². The van der Waals surface area contributed by atoms with Crippen LogP contribution in [0.2, 0.25) is 5.02 Å². The number of nitrogens with zero attached hydrogens (tertiary/aromatic N) is 3. The second kappa shape index (κ2) is 18.1. The summed E-state index contributed by atoms with van der Waals surface area (Å²) in [5.74, 6) is -0.111.